The average molecular weight is 440 g/mol. The standard InChI is InChI=1S/C24H33N5O3/c1-2-22(30)27-12-10-19-18(15-27)24(32)29-21(25-19)13-20(26-29)17-9-6-11-28(14-17)23(31)16-7-4-3-5-8-16/h13,16-17,26H,2-12,14-15H2,1H3. The summed E-state index contributed by atoms with van der Waals surface area (Å²) >= 11 is 0. The van der Waals surface area contributed by atoms with Crippen molar-refractivity contribution in [3.63, 3.8) is 0 Å². The molecule has 2 fully saturated rings. The molecule has 0 radical (unpaired) electrons. The fourth-order valence-corrected chi connectivity index (χ4v) is 5.68. The monoisotopic (exact) mass is 439 g/mol. The van der Waals surface area contributed by atoms with E-state index in [9.17, 15) is 14.4 Å². The molecule has 8 heteroatoms. The summed E-state index contributed by atoms with van der Waals surface area (Å²) in [5, 5.41) is 3.28. The van der Waals surface area contributed by atoms with Crippen molar-refractivity contribution in [1.82, 2.24) is 24.4 Å². The van der Waals surface area contributed by atoms with Gasteiger partial charge in [0.1, 0.15) is 0 Å². The number of nitrogens with one attached hydrogen (secondary N) is 1. The molecule has 0 bridgehead atoms. The molecule has 2 aromatic heterocycles. The maximum absolute atomic E-state index is 13.2. The van der Waals surface area contributed by atoms with Gasteiger partial charge in [0.15, 0.2) is 5.65 Å². The minimum Gasteiger partial charge on any atom is -0.342 e. The molecule has 1 saturated heterocycles. The number of H-pyrrole nitrogens is 1. The first-order valence-electron chi connectivity index (χ1n) is 12.2. The van der Waals surface area contributed by atoms with Crippen LogP contribution < -0.4 is 5.56 Å². The van der Waals surface area contributed by atoms with Gasteiger partial charge < -0.3 is 9.80 Å². The molecule has 2 aromatic rings. The van der Waals surface area contributed by atoms with E-state index in [1.54, 1.807) is 4.90 Å². The number of amides is 2. The molecule has 1 unspecified atom stereocenters. The summed E-state index contributed by atoms with van der Waals surface area (Å²) in [4.78, 5) is 46.9. The molecule has 172 valence electrons. The summed E-state index contributed by atoms with van der Waals surface area (Å²) in [5.74, 6) is 0.761. The summed E-state index contributed by atoms with van der Waals surface area (Å²) < 4.78 is 1.52. The lowest BCUT2D eigenvalue weighted by Crippen LogP contribution is -2.43. The van der Waals surface area contributed by atoms with E-state index < -0.39 is 0 Å². The fraction of sp³-hybridized carbons (Fsp3) is 0.667. The van der Waals surface area contributed by atoms with Crippen LogP contribution in [0, 0.1) is 5.92 Å². The Morgan fingerprint density at radius 1 is 1.09 bits per heavy atom. The van der Waals surface area contributed by atoms with E-state index in [0.29, 0.717) is 49.6 Å². The lowest BCUT2D eigenvalue weighted by molar-refractivity contribution is -0.137. The quantitative estimate of drug-likeness (QED) is 0.796. The van der Waals surface area contributed by atoms with E-state index in [1.165, 1.54) is 10.9 Å². The molecular formula is C24H33N5O3. The van der Waals surface area contributed by atoms with Crippen LogP contribution in [-0.4, -0.2) is 55.8 Å². The van der Waals surface area contributed by atoms with Crippen LogP contribution in [0.2, 0.25) is 0 Å². The largest absolute Gasteiger partial charge is 0.342 e. The van der Waals surface area contributed by atoms with Gasteiger partial charge in [-0.1, -0.05) is 26.2 Å². The summed E-state index contributed by atoms with van der Waals surface area (Å²) in [6.45, 7) is 4.32. The van der Waals surface area contributed by atoms with Gasteiger partial charge in [-0.05, 0) is 25.7 Å². The third kappa shape index (κ3) is 3.84. The number of rotatable bonds is 3. The average Bonchev–Trinajstić information content (AvgIpc) is 3.28. The van der Waals surface area contributed by atoms with E-state index in [1.807, 2.05) is 17.9 Å². The van der Waals surface area contributed by atoms with Crippen LogP contribution in [0.5, 0.6) is 0 Å². The first-order chi connectivity index (χ1) is 15.5. The van der Waals surface area contributed by atoms with Crippen LogP contribution in [0.3, 0.4) is 0 Å². The van der Waals surface area contributed by atoms with Crippen molar-refractivity contribution in [3.05, 3.63) is 33.4 Å². The molecule has 2 aliphatic heterocycles. The predicted octanol–water partition coefficient (Wildman–Crippen LogP) is 2.60. The Labute approximate surface area is 188 Å². The van der Waals surface area contributed by atoms with Gasteiger partial charge >= 0.3 is 0 Å². The summed E-state index contributed by atoms with van der Waals surface area (Å²) in [6, 6.07) is 1.98. The zero-order chi connectivity index (χ0) is 22.2. The second-order valence-corrected chi connectivity index (χ2v) is 9.62. The van der Waals surface area contributed by atoms with Crippen molar-refractivity contribution < 1.29 is 9.59 Å². The molecular weight excluding hydrogens is 406 g/mol. The van der Waals surface area contributed by atoms with Gasteiger partial charge in [0.2, 0.25) is 11.8 Å². The normalized spacial score (nSPS) is 22.2. The molecule has 1 aliphatic carbocycles. The lowest BCUT2D eigenvalue weighted by Gasteiger charge is -2.35. The van der Waals surface area contributed by atoms with E-state index >= 15 is 0 Å². The highest BCUT2D eigenvalue weighted by Gasteiger charge is 2.31. The molecule has 1 atom stereocenters. The van der Waals surface area contributed by atoms with Gasteiger partial charge in [-0.3, -0.25) is 19.5 Å². The van der Waals surface area contributed by atoms with Gasteiger partial charge in [0, 0.05) is 56.1 Å². The molecule has 32 heavy (non-hydrogen) atoms. The number of aromatic amines is 1. The zero-order valence-electron chi connectivity index (χ0n) is 18.9. The van der Waals surface area contributed by atoms with Crippen LogP contribution in [0.25, 0.3) is 5.65 Å². The maximum Gasteiger partial charge on any atom is 0.277 e. The van der Waals surface area contributed by atoms with E-state index in [-0.39, 0.29) is 23.3 Å². The van der Waals surface area contributed by atoms with Crippen LogP contribution in [0.1, 0.15) is 81.2 Å². The number of nitrogens with zero attached hydrogens (tertiary/aromatic N) is 4. The first-order valence-corrected chi connectivity index (χ1v) is 12.2. The first kappa shape index (κ1) is 21.2. The molecule has 0 spiro atoms. The zero-order valence-corrected chi connectivity index (χ0v) is 18.9. The molecule has 4 heterocycles. The van der Waals surface area contributed by atoms with Gasteiger partial charge in [-0.25, -0.2) is 9.50 Å². The second kappa shape index (κ2) is 8.71. The number of hydrogen-bond acceptors (Lipinski definition) is 4. The van der Waals surface area contributed by atoms with Crippen molar-refractivity contribution in [2.24, 2.45) is 5.92 Å². The molecule has 8 nitrogen and oxygen atoms in total. The van der Waals surface area contributed by atoms with Gasteiger partial charge in [0.05, 0.1) is 17.8 Å². The molecule has 3 aliphatic rings. The summed E-state index contributed by atoms with van der Waals surface area (Å²) in [6.07, 6.45) is 8.64. The Bertz CT molecular complexity index is 1080. The van der Waals surface area contributed by atoms with Crippen molar-refractivity contribution >= 4 is 17.5 Å². The van der Waals surface area contributed by atoms with Gasteiger partial charge in [-0.15, -0.1) is 0 Å². The Morgan fingerprint density at radius 3 is 2.69 bits per heavy atom. The van der Waals surface area contributed by atoms with Crippen LogP contribution in [-0.2, 0) is 22.6 Å². The third-order valence-corrected chi connectivity index (χ3v) is 7.56. The maximum atomic E-state index is 13.2. The number of piperidine rings is 1. The smallest absolute Gasteiger partial charge is 0.277 e. The summed E-state index contributed by atoms with van der Waals surface area (Å²) in [5.41, 5.74) is 2.91. The minimum absolute atomic E-state index is 0.0669. The number of carbonyl (C=O) groups is 2. The fourth-order valence-electron chi connectivity index (χ4n) is 5.68. The molecule has 1 N–H and O–H groups in total. The molecule has 2 amide bonds. The van der Waals surface area contributed by atoms with Crippen molar-refractivity contribution in [2.45, 2.75) is 77.2 Å². The molecule has 0 aromatic carbocycles. The number of fused-ring (bicyclic) bond motifs is 2. The highest BCUT2D eigenvalue weighted by molar-refractivity contribution is 5.79. The van der Waals surface area contributed by atoms with E-state index in [2.05, 4.69) is 5.10 Å². The minimum atomic E-state index is -0.115. The number of likely N-dealkylation sites (tertiary alicyclic amines) is 1. The number of carbonyl (C=O) groups excluding carboxylic acids is 2. The van der Waals surface area contributed by atoms with Gasteiger partial charge in [0.25, 0.3) is 5.56 Å². The summed E-state index contributed by atoms with van der Waals surface area (Å²) in [7, 11) is 0. The molecule has 1 saturated carbocycles. The van der Waals surface area contributed by atoms with Crippen molar-refractivity contribution in [1.29, 1.82) is 0 Å². The van der Waals surface area contributed by atoms with E-state index in [0.717, 1.165) is 56.5 Å². The SMILES string of the molecule is CCC(=O)N1CCc2nc3cc(C4CCCN(C(=O)C5CCCCC5)C4)[nH]n3c(=O)c2C1. The predicted molar refractivity (Wildman–Crippen MR) is 120 cm³/mol. The van der Waals surface area contributed by atoms with Crippen molar-refractivity contribution in [3.8, 4) is 0 Å². The topological polar surface area (TPSA) is 90.8 Å². The van der Waals surface area contributed by atoms with Gasteiger partial charge in [-0.2, -0.15) is 0 Å². The Balaban J connectivity index is 1.38. The highest BCUT2D eigenvalue weighted by Crippen LogP contribution is 2.31. The third-order valence-electron chi connectivity index (χ3n) is 7.56. The molecule has 5 rings (SSSR count). The van der Waals surface area contributed by atoms with Crippen molar-refractivity contribution in [2.75, 3.05) is 19.6 Å². The highest BCUT2D eigenvalue weighted by atomic mass is 16.2. The van der Waals surface area contributed by atoms with E-state index in [4.69, 9.17) is 4.98 Å². The van der Waals surface area contributed by atoms with Crippen LogP contribution in [0.15, 0.2) is 10.9 Å². The van der Waals surface area contributed by atoms with Crippen LogP contribution >= 0.6 is 0 Å². The second-order valence-electron chi connectivity index (χ2n) is 9.62. The Kier molecular flexibility index (Phi) is 5.78. The Morgan fingerprint density at radius 2 is 1.91 bits per heavy atom. The number of aromatic nitrogens is 3. The Hall–Kier alpha value is -2.64. The van der Waals surface area contributed by atoms with Crippen LogP contribution in [0.4, 0.5) is 0 Å². The lowest BCUT2D eigenvalue weighted by atomic mass is 9.87. The number of hydrogen-bond donors (Lipinski definition) is 1.